The van der Waals surface area contributed by atoms with E-state index in [4.69, 9.17) is 14.6 Å². The highest BCUT2D eigenvalue weighted by atomic mass is 32.2. The molecule has 0 aromatic heterocycles. The van der Waals surface area contributed by atoms with E-state index in [1.807, 2.05) is 13.0 Å². The van der Waals surface area contributed by atoms with Crippen molar-refractivity contribution < 1.29 is 14.6 Å². The van der Waals surface area contributed by atoms with Crippen LogP contribution in [0.3, 0.4) is 0 Å². The van der Waals surface area contributed by atoms with Gasteiger partial charge < -0.3 is 14.6 Å². The smallest absolute Gasteiger partial charge is 0.120 e. The maximum Gasteiger partial charge on any atom is 0.120 e. The normalized spacial score (nSPS) is 14.1. The molecule has 1 unspecified atom stereocenters. The van der Waals surface area contributed by atoms with E-state index in [1.54, 1.807) is 18.9 Å². The molecule has 3 nitrogen and oxygen atoms in total. The van der Waals surface area contributed by atoms with Crippen LogP contribution < -0.4 is 4.74 Å². The molecule has 0 radical (unpaired) electrons. The molecule has 0 saturated carbocycles. The van der Waals surface area contributed by atoms with Gasteiger partial charge in [0.15, 0.2) is 0 Å². The summed E-state index contributed by atoms with van der Waals surface area (Å²) in [5, 5.41) is 8.58. The maximum absolute atomic E-state index is 8.58. The van der Waals surface area contributed by atoms with Crippen molar-refractivity contribution >= 4 is 17.3 Å². The topological polar surface area (TPSA) is 38.7 Å². The van der Waals surface area contributed by atoms with Gasteiger partial charge in [-0.1, -0.05) is 63.9 Å². The number of fused-ring (bicyclic) bond motifs is 2. The molecule has 0 fully saturated rings. The molecule has 0 amide bonds. The van der Waals surface area contributed by atoms with E-state index >= 15 is 0 Å². The van der Waals surface area contributed by atoms with Crippen LogP contribution in [0.5, 0.6) is 5.75 Å². The van der Waals surface area contributed by atoms with Crippen molar-refractivity contribution in [3.8, 4) is 5.75 Å². The first-order valence-electron chi connectivity index (χ1n) is 10.8. The summed E-state index contributed by atoms with van der Waals surface area (Å²) in [7, 11) is 1.68. The summed E-state index contributed by atoms with van der Waals surface area (Å²) in [5.41, 5.74) is 4.43. The van der Waals surface area contributed by atoms with Gasteiger partial charge in [0.05, 0.1) is 5.60 Å². The lowest BCUT2D eigenvalue weighted by atomic mass is 9.98. The van der Waals surface area contributed by atoms with Crippen molar-refractivity contribution in [3.63, 3.8) is 0 Å². The third-order valence-electron chi connectivity index (χ3n) is 5.83. The van der Waals surface area contributed by atoms with Gasteiger partial charge in [0.1, 0.15) is 12.4 Å². The van der Waals surface area contributed by atoms with Crippen LogP contribution in [-0.4, -0.2) is 31.0 Å². The number of rotatable bonds is 8. The average molecular weight is 441 g/mol. The Morgan fingerprint density at radius 2 is 1.81 bits per heavy atom. The molecule has 0 saturated heterocycles. The number of ether oxygens (including phenoxy) is 2. The molecule has 3 rings (SSSR count). The van der Waals surface area contributed by atoms with Gasteiger partial charge in [-0.3, -0.25) is 0 Å². The lowest BCUT2D eigenvalue weighted by Crippen LogP contribution is -2.27. The van der Waals surface area contributed by atoms with E-state index in [2.05, 4.69) is 70.3 Å². The largest absolute Gasteiger partial charge is 0.489 e. The number of methoxy groups -OCH3 is 1. The Hall–Kier alpha value is -2.01. The monoisotopic (exact) mass is 440 g/mol. The third-order valence-corrected chi connectivity index (χ3v) is 6.98. The molecular formula is C27H36O3S. The predicted molar refractivity (Wildman–Crippen MR) is 132 cm³/mol. The van der Waals surface area contributed by atoms with Crippen LogP contribution in [-0.2, 0) is 4.74 Å². The van der Waals surface area contributed by atoms with E-state index in [0.717, 1.165) is 35.3 Å². The molecule has 2 aromatic rings. The fraction of sp³-hybridized carbons (Fsp3) is 0.407. The first-order valence-corrected chi connectivity index (χ1v) is 11.6. The molecule has 1 aliphatic heterocycles. The molecule has 31 heavy (non-hydrogen) atoms. The zero-order valence-corrected chi connectivity index (χ0v) is 20.3. The van der Waals surface area contributed by atoms with E-state index < -0.39 is 0 Å². The van der Waals surface area contributed by atoms with Crippen LogP contribution in [0.1, 0.15) is 51.7 Å². The first kappa shape index (κ1) is 25.3. The van der Waals surface area contributed by atoms with Gasteiger partial charge in [-0.15, -0.1) is 0 Å². The quantitative estimate of drug-likeness (QED) is 0.383. The predicted octanol–water partition coefficient (Wildman–Crippen LogP) is 6.99. The Morgan fingerprint density at radius 1 is 1.13 bits per heavy atom. The summed E-state index contributed by atoms with van der Waals surface area (Å²) >= 11 is 1.79. The molecular weight excluding hydrogens is 404 g/mol. The Labute approximate surface area is 192 Å². The maximum atomic E-state index is 8.58. The summed E-state index contributed by atoms with van der Waals surface area (Å²) in [6, 6.07) is 14.6. The van der Waals surface area contributed by atoms with Crippen molar-refractivity contribution in [2.24, 2.45) is 5.92 Å². The first-order chi connectivity index (χ1) is 14.7. The molecule has 0 aliphatic carbocycles. The van der Waals surface area contributed by atoms with Crippen molar-refractivity contribution in [2.75, 3.05) is 20.3 Å². The Kier molecular flexibility index (Phi) is 9.42. The third kappa shape index (κ3) is 6.73. The molecule has 168 valence electrons. The van der Waals surface area contributed by atoms with Crippen LogP contribution in [0.25, 0.3) is 5.57 Å². The Bertz CT molecular complexity index is 897. The van der Waals surface area contributed by atoms with Crippen molar-refractivity contribution in [3.05, 3.63) is 72.3 Å². The minimum atomic E-state index is -0.116. The van der Waals surface area contributed by atoms with Gasteiger partial charge >= 0.3 is 0 Å². The van der Waals surface area contributed by atoms with Crippen molar-refractivity contribution in [2.45, 2.75) is 55.9 Å². The summed E-state index contributed by atoms with van der Waals surface area (Å²) < 4.78 is 11.0. The zero-order valence-electron chi connectivity index (χ0n) is 19.5. The van der Waals surface area contributed by atoms with E-state index in [1.165, 1.54) is 15.4 Å². The van der Waals surface area contributed by atoms with Crippen LogP contribution in [0, 0.1) is 5.92 Å². The zero-order chi connectivity index (χ0) is 23.0. The minimum absolute atomic E-state index is 0.116. The summed E-state index contributed by atoms with van der Waals surface area (Å²) in [6.45, 7) is 17.4. The second kappa shape index (κ2) is 11.6. The molecule has 4 heteroatoms. The Balaban J connectivity index is 0.000000323. The summed E-state index contributed by atoms with van der Waals surface area (Å²) in [4.78, 5) is 2.50. The molecule has 0 spiro atoms. The van der Waals surface area contributed by atoms with Crippen molar-refractivity contribution in [1.82, 2.24) is 0 Å². The fourth-order valence-electron chi connectivity index (χ4n) is 2.99. The van der Waals surface area contributed by atoms with Gasteiger partial charge in [0, 0.05) is 23.5 Å². The van der Waals surface area contributed by atoms with E-state index in [0.29, 0.717) is 12.5 Å². The second-order valence-electron chi connectivity index (χ2n) is 8.32. The van der Waals surface area contributed by atoms with E-state index in [-0.39, 0.29) is 12.2 Å². The highest BCUT2D eigenvalue weighted by Crippen LogP contribution is 2.45. The molecule has 1 atom stereocenters. The minimum Gasteiger partial charge on any atom is -0.489 e. The highest BCUT2D eigenvalue weighted by molar-refractivity contribution is 7.99. The molecule has 1 N–H and O–H groups in total. The molecule has 1 aliphatic rings. The van der Waals surface area contributed by atoms with Crippen LogP contribution >= 0.6 is 11.8 Å². The number of hydrogen-bond acceptors (Lipinski definition) is 4. The SMILES string of the molecule is C=C1c2ccccc2Sc2ccc(OCC(=C)C(C)C)cc21.CCC(C)(CCO)OC. The van der Waals surface area contributed by atoms with Gasteiger partial charge in [-0.25, -0.2) is 0 Å². The van der Waals surface area contributed by atoms with E-state index in [9.17, 15) is 0 Å². The summed E-state index contributed by atoms with van der Waals surface area (Å²) in [5.74, 6) is 1.32. The van der Waals surface area contributed by atoms with Gasteiger partial charge in [0.2, 0.25) is 0 Å². The number of benzene rings is 2. The molecule has 2 aromatic carbocycles. The number of aliphatic hydroxyl groups is 1. The standard InChI is InChI=1S/C20H20OS.C7H16O2/c1-13(2)14(3)12-21-16-9-10-20-18(11-16)15(4)17-7-5-6-8-19(17)22-20;1-4-7(2,9-3)5-6-8/h5-11,13H,3-4,12H2,1-2H3;8H,4-6H2,1-3H3. The second-order valence-corrected chi connectivity index (χ2v) is 9.40. The molecule has 0 bridgehead atoms. The highest BCUT2D eigenvalue weighted by Gasteiger charge is 2.20. The number of aliphatic hydroxyl groups excluding tert-OH is 1. The average Bonchev–Trinajstić information content (AvgIpc) is 2.78. The lowest BCUT2D eigenvalue weighted by molar-refractivity contribution is -0.0156. The summed E-state index contributed by atoms with van der Waals surface area (Å²) in [6.07, 6.45) is 1.67. The Morgan fingerprint density at radius 3 is 2.39 bits per heavy atom. The van der Waals surface area contributed by atoms with Gasteiger partial charge in [-0.2, -0.15) is 0 Å². The molecule has 1 heterocycles. The fourth-order valence-corrected chi connectivity index (χ4v) is 4.11. The van der Waals surface area contributed by atoms with Gasteiger partial charge in [0.25, 0.3) is 0 Å². The van der Waals surface area contributed by atoms with Crippen LogP contribution in [0.2, 0.25) is 0 Å². The van der Waals surface area contributed by atoms with Crippen LogP contribution in [0.15, 0.2) is 71.0 Å². The van der Waals surface area contributed by atoms with Crippen LogP contribution in [0.4, 0.5) is 0 Å². The van der Waals surface area contributed by atoms with Gasteiger partial charge in [-0.05, 0) is 72.2 Å². The van der Waals surface area contributed by atoms with Crippen molar-refractivity contribution in [1.29, 1.82) is 0 Å². The lowest BCUT2D eigenvalue weighted by Gasteiger charge is -2.25. The number of hydrogen-bond donors (Lipinski definition) is 1.